The van der Waals surface area contributed by atoms with Gasteiger partial charge < -0.3 is 0 Å². The highest BCUT2D eigenvalue weighted by Gasteiger charge is 2.06. The van der Waals surface area contributed by atoms with E-state index in [0.29, 0.717) is 0 Å². The van der Waals surface area contributed by atoms with Crippen molar-refractivity contribution in [2.75, 3.05) is 7.05 Å². The van der Waals surface area contributed by atoms with Crippen LogP contribution in [0.2, 0.25) is 0 Å². The minimum absolute atomic E-state index is 1.09. The second kappa shape index (κ2) is 2.10. The average molecular weight is 133 g/mol. The van der Waals surface area contributed by atoms with Crippen LogP contribution in [0.4, 0.5) is 0 Å². The highest BCUT2D eigenvalue weighted by atomic mass is 15.1. The van der Waals surface area contributed by atoms with Gasteiger partial charge in [-0.15, -0.1) is 0 Å². The largest absolute Gasteiger partial charge is 0.298 e. The molecule has 3 rings (SSSR count). The Bertz CT molecular complexity index is 200. The van der Waals surface area contributed by atoms with Crippen molar-refractivity contribution < 1.29 is 0 Å². The van der Waals surface area contributed by atoms with E-state index in [9.17, 15) is 0 Å². The van der Waals surface area contributed by atoms with Crippen molar-refractivity contribution in [3.8, 4) is 0 Å². The summed E-state index contributed by atoms with van der Waals surface area (Å²) in [5.41, 5.74) is 2.84. The highest BCUT2D eigenvalue weighted by Crippen LogP contribution is 2.14. The van der Waals surface area contributed by atoms with E-state index in [1.807, 2.05) is 0 Å². The molecule has 0 fully saturated rings. The van der Waals surface area contributed by atoms with Gasteiger partial charge in [-0.25, -0.2) is 0 Å². The number of benzene rings is 1. The average Bonchev–Trinajstić information content (AvgIpc) is 2.17. The molecule has 0 atom stereocenters. The molecule has 2 aliphatic rings. The summed E-state index contributed by atoms with van der Waals surface area (Å²) in [7, 11) is 2.15. The van der Waals surface area contributed by atoms with Crippen LogP contribution >= 0.6 is 0 Å². The lowest BCUT2D eigenvalue weighted by atomic mass is 10.2. The lowest BCUT2D eigenvalue weighted by Gasteiger charge is -2.10. The second-order valence-corrected chi connectivity index (χ2v) is 2.99. The number of hydrogen-bond acceptors (Lipinski definition) is 1. The van der Waals surface area contributed by atoms with Crippen molar-refractivity contribution in [2.45, 2.75) is 13.1 Å². The Kier molecular flexibility index (Phi) is 1.24. The van der Waals surface area contributed by atoms with Crippen molar-refractivity contribution in [3.05, 3.63) is 35.4 Å². The van der Waals surface area contributed by atoms with Gasteiger partial charge in [-0.2, -0.15) is 0 Å². The summed E-state index contributed by atoms with van der Waals surface area (Å²) in [4.78, 5) is 2.32. The van der Waals surface area contributed by atoms with Crippen LogP contribution in [0.3, 0.4) is 0 Å². The monoisotopic (exact) mass is 133 g/mol. The highest BCUT2D eigenvalue weighted by molar-refractivity contribution is 5.24. The minimum atomic E-state index is 1.09. The molecular formula is C9H11N. The van der Waals surface area contributed by atoms with Crippen LogP contribution in [0, 0.1) is 0 Å². The van der Waals surface area contributed by atoms with E-state index in [0.717, 1.165) is 13.1 Å². The molecule has 0 aromatic heterocycles. The molecule has 0 saturated heterocycles. The van der Waals surface area contributed by atoms with Crippen LogP contribution in [0.1, 0.15) is 11.1 Å². The van der Waals surface area contributed by atoms with Gasteiger partial charge in [-0.1, -0.05) is 24.3 Å². The van der Waals surface area contributed by atoms with E-state index in [4.69, 9.17) is 0 Å². The predicted molar refractivity (Wildman–Crippen MR) is 41.6 cm³/mol. The molecule has 0 saturated carbocycles. The third-order valence-corrected chi connectivity index (χ3v) is 1.93. The minimum Gasteiger partial charge on any atom is -0.298 e. The molecule has 1 aromatic rings. The van der Waals surface area contributed by atoms with Gasteiger partial charge in [-0.05, 0) is 18.2 Å². The maximum atomic E-state index is 2.32. The van der Waals surface area contributed by atoms with Crippen LogP contribution in [-0.4, -0.2) is 11.9 Å². The van der Waals surface area contributed by atoms with E-state index < -0.39 is 0 Å². The molecule has 2 aliphatic heterocycles. The Hall–Kier alpha value is -0.820. The van der Waals surface area contributed by atoms with Gasteiger partial charge in [0.25, 0.3) is 0 Å². The van der Waals surface area contributed by atoms with E-state index in [-0.39, 0.29) is 0 Å². The quantitative estimate of drug-likeness (QED) is 0.520. The van der Waals surface area contributed by atoms with Crippen LogP contribution in [0.25, 0.3) is 0 Å². The zero-order valence-corrected chi connectivity index (χ0v) is 6.17. The smallest absolute Gasteiger partial charge is 0.0234 e. The van der Waals surface area contributed by atoms with Crippen molar-refractivity contribution in [1.29, 1.82) is 0 Å². The summed E-state index contributed by atoms with van der Waals surface area (Å²) in [6.45, 7) is 2.19. The third-order valence-electron chi connectivity index (χ3n) is 1.93. The summed E-state index contributed by atoms with van der Waals surface area (Å²) in [6.07, 6.45) is 0. The lowest BCUT2D eigenvalue weighted by Crippen LogP contribution is -2.13. The first-order valence-electron chi connectivity index (χ1n) is 3.61. The third kappa shape index (κ3) is 0.929. The molecule has 2 heterocycles. The Labute approximate surface area is 61.3 Å². The maximum absolute atomic E-state index is 2.32. The zero-order valence-electron chi connectivity index (χ0n) is 6.17. The van der Waals surface area contributed by atoms with Gasteiger partial charge in [0.05, 0.1) is 0 Å². The first-order chi connectivity index (χ1) is 4.84. The molecule has 0 aliphatic carbocycles. The second-order valence-electron chi connectivity index (χ2n) is 2.99. The van der Waals surface area contributed by atoms with Crippen molar-refractivity contribution in [2.24, 2.45) is 0 Å². The summed E-state index contributed by atoms with van der Waals surface area (Å²) < 4.78 is 0. The van der Waals surface area contributed by atoms with E-state index in [2.05, 4.69) is 36.2 Å². The Morgan fingerprint density at radius 1 is 1.00 bits per heavy atom. The summed E-state index contributed by atoms with van der Waals surface area (Å²) in [6, 6.07) is 8.83. The van der Waals surface area contributed by atoms with E-state index in [1.54, 1.807) is 0 Å². The van der Waals surface area contributed by atoms with Crippen molar-refractivity contribution in [1.82, 2.24) is 4.90 Å². The summed E-state index contributed by atoms with van der Waals surface area (Å²) in [5, 5.41) is 0. The number of fused-ring (bicyclic) bond motifs is 4. The standard InChI is InChI=1S/C9H11N/c1-10-6-8-2-3-9(7-10)5-4-8/h2-5H,6-7H2,1H3. The molecule has 10 heavy (non-hydrogen) atoms. The van der Waals surface area contributed by atoms with Gasteiger partial charge >= 0.3 is 0 Å². The summed E-state index contributed by atoms with van der Waals surface area (Å²) in [5.74, 6) is 0. The molecule has 0 N–H and O–H groups in total. The maximum Gasteiger partial charge on any atom is 0.0234 e. The van der Waals surface area contributed by atoms with Crippen LogP contribution in [0.5, 0.6) is 0 Å². The van der Waals surface area contributed by atoms with Gasteiger partial charge in [0.2, 0.25) is 0 Å². The Balaban J connectivity index is 2.44. The Morgan fingerprint density at radius 3 is 1.80 bits per heavy atom. The molecule has 0 spiro atoms. The molecule has 0 radical (unpaired) electrons. The fourth-order valence-electron chi connectivity index (χ4n) is 1.43. The zero-order chi connectivity index (χ0) is 6.97. The van der Waals surface area contributed by atoms with Gasteiger partial charge in [0, 0.05) is 13.1 Å². The molecule has 1 aromatic carbocycles. The van der Waals surface area contributed by atoms with Crippen LogP contribution in [0.15, 0.2) is 24.3 Å². The molecule has 0 amide bonds. The number of rotatable bonds is 0. The number of hydrogen-bond donors (Lipinski definition) is 0. The predicted octanol–water partition coefficient (Wildman–Crippen LogP) is 1.63. The van der Waals surface area contributed by atoms with Crippen molar-refractivity contribution in [3.63, 3.8) is 0 Å². The topological polar surface area (TPSA) is 3.24 Å². The summed E-state index contributed by atoms with van der Waals surface area (Å²) >= 11 is 0. The van der Waals surface area contributed by atoms with Crippen LogP contribution < -0.4 is 0 Å². The lowest BCUT2D eigenvalue weighted by molar-refractivity contribution is 0.325. The molecule has 52 valence electrons. The Morgan fingerprint density at radius 2 is 1.40 bits per heavy atom. The van der Waals surface area contributed by atoms with Gasteiger partial charge in [-0.3, -0.25) is 4.90 Å². The van der Waals surface area contributed by atoms with E-state index >= 15 is 0 Å². The van der Waals surface area contributed by atoms with E-state index in [1.165, 1.54) is 11.1 Å². The first kappa shape index (κ1) is 5.93. The van der Waals surface area contributed by atoms with Gasteiger partial charge in [0.1, 0.15) is 0 Å². The fourth-order valence-corrected chi connectivity index (χ4v) is 1.43. The van der Waals surface area contributed by atoms with Gasteiger partial charge in [0.15, 0.2) is 0 Å². The first-order valence-corrected chi connectivity index (χ1v) is 3.61. The fraction of sp³-hybridized carbons (Fsp3) is 0.333. The number of nitrogens with zero attached hydrogens (tertiary/aromatic N) is 1. The van der Waals surface area contributed by atoms with Crippen LogP contribution in [-0.2, 0) is 13.1 Å². The SMILES string of the molecule is CN1Cc2ccc(cc2)C1. The molecule has 1 heteroatoms. The normalized spacial score (nSPS) is 17.3. The molecular weight excluding hydrogens is 122 g/mol. The van der Waals surface area contributed by atoms with Crippen molar-refractivity contribution >= 4 is 0 Å². The molecule has 1 nitrogen and oxygen atoms in total. The molecule has 2 bridgehead atoms. The molecule has 0 unspecified atom stereocenters.